The van der Waals surface area contributed by atoms with Gasteiger partial charge >= 0.3 is 18.0 Å². The summed E-state index contributed by atoms with van der Waals surface area (Å²) in [6.45, 7) is 10.6. The molecule has 0 saturated carbocycles. The summed E-state index contributed by atoms with van der Waals surface area (Å²) in [5.74, 6) is -0.481. The first kappa shape index (κ1) is 23.5. The van der Waals surface area contributed by atoms with Gasteiger partial charge in [-0.15, -0.1) is 0 Å². The highest BCUT2D eigenvalue weighted by atomic mass is 16.6. The zero-order valence-corrected chi connectivity index (χ0v) is 18.9. The van der Waals surface area contributed by atoms with E-state index in [1.54, 1.807) is 26.8 Å². The minimum atomic E-state index is -1.15. The molecule has 1 saturated heterocycles. The molecule has 30 heavy (non-hydrogen) atoms. The topological polar surface area (TPSA) is 119 Å². The minimum absolute atomic E-state index is 0.0586. The molecule has 4 amide bonds. The van der Waals surface area contributed by atoms with Gasteiger partial charge in [0.15, 0.2) is 6.04 Å². The van der Waals surface area contributed by atoms with Crippen LogP contribution in [-0.4, -0.2) is 60.0 Å². The number of nitrogens with zero attached hydrogens (tertiary/aromatic N) is 2. The molecule has 0 aromatic heterocycles. The van der Waals surface area contributed by atoms with E-state index in [9.17, 15) is 19.5 Å². The van der Waals surface area contributed by atoms with Crippen molar-refractivity contribution in [1.29, 1.82) is 0 Å². The Bertz CT molecular complexity index is 884. The first-order chi connectivity index (χ1) is 13.5. The molecular weight excluding hydrogens is 390 g/mol. The van der Waals surface area contributed by atoms with Crippen molar-refractivity contribution < 1.29 is 33.4 Å². The van der Waals surface area contributed by atoms with E-state index in [0.29, 0.717) is 11.3 Å². The van der Waals surface area contributed by atoms with E-state index in [4.69, 9.17) is 15.2 Å². The number of ether oxygens (including phenoxy) is 2. The molecule has 9 nitrogen and oxygen atoms in total. The Kier molecular flexibility index (Phi) is 5.84. The number of anilines is 1. The average Bonchev–Trinajstić information content (AvgIpc) is 2.86. The van der Waals surface area contributed by atoms with Crippen molar-refractivity contribution in [3.05, 3.63) is 17.7 Å². The van der Waals surface area contributed by atoms with Crippen LogP contribution in [0.3, 0.4) is 0 Å². The van der Waals surface area contributed by atoms with Crippen LogP contribution in [-0.2, 0) is 14.9 Å². The Hall–Kier alpha value is -2.81. The van der Waals surface area contributed by atoms with E-state index in [2.05, 4.69) is 0 Å². The number of methoxy groups -OCH3 is 1. The molecule has 166 valence electrons. The Morgan fingerprint density at radius 1 is 1.20 bits per heavy atom. The van der Waals surface area contributed by atoms with Crippen LogP contribution >= 0.6 is 0 Å². The molecule has 1 aromatic carbocycles. The Balaban J connectivity index is 2.72. The van der Waals surface area contributed by atoms with Crippen LogP contribution in [0.2, 0.25) is 0 Å². The highest BCUT2D eigenvalue weighted by molar-refractivity contribution is 6.03. The lowest BCUT2D eigenvalue weighted by molar-refractivity contribution is -0.733. The van der Waals surface area contributed by atoms with Gasteiger partial charge < -0.3 is 20.3 Å². The van der Waals surface area contributed by atoms with Gasteiger partial charge in [0.05, 0.1) is 19.8 Å². The molecule has 1 heterocycles. The summed E-state index contributed by atoms with van der Waals surface area (Å²) in [5, 5.41) is 11.0. The number of nitrogens with two attached hydrogens (primary N) is 1. The molecule has 2 rings (SSSR count). The zero-order chi connectivity index (χ0) is 23.2. The van der Waals surface area contributed by atoms with Crippen LogP contribution < -0.4 is 15.4 Å². The highest BCUT2D eigenvalue weighted by Crippen LogP contribution is 2.44. The molecule has 9 heteroatoms. The smallest absolute Gasteiger partial charge is 0.433 e. The molecular formula is C21H32N3O6+. The van der Waals surface area contributed by atoms with Gasteiger partial charge in [-0.05, 0) is 32.3 Å². The summed E-state index contributed by atoms with van der Waals surface area (Å²) in [6.07, 6.45) is 0. The monoisotopic (exact) mass is 422 g/mol. The van der Waals surface area contributed by atoms with E-state index < -0.39 is 39.6 Å². The zero-order valence-electron chi connectivity index (χ0n) is 18.9. The maximum atomic E-state index is 13.3. The number of imide groups is 1. The van der Waals surface area contributed by atoms with Crippen LogP contribution in [0.4, 0.5) is 15.3 Å². The number of carbonyl (C=O) groups is 3. The fraction of sp³-hybridized carbons (Fsp3) is 0.571. The molecule has 1 aliphatic heterocycles. The minimum Gasteiger partial charge on any atom is -0.505 e. The predicted octanol–water partition coefficient (Wildman–Crippen LogP) is 2.87. The molecule has 1 aliphatic rings. The van der Waals surface area contributed by atoms with Gasteiger partial charge in [0.1, 0.15) is 23.6 Å². The number of aromatic hydroxyl groups is 1. The van der Waals surface area contributed by atoms with E-state index in [-0.39, 0.29) is 18.0 Å². The van der Waals surface area contributed by atoms with Gasteiger partial charge in [-0.2, -0.15) is 4.48 Å². The third-order valence-corrected chi connectivity index (χ3v) is 5.01. The molecule has 1 aromatic rings. The maximum absolute atomic E-state index is 13.3. The number of quaternary nitrogens is 1. The van der Waals surface area contributed by atoms with Crippen molar-refractivity contribution in [2.75, 3.05) is 25.6 Å². The van der Waals surface area contributed by atoms with Gasteiger partial charge in [-0.25, -0.2) is 19.3 Å². The third-order valence-electron chi connectivity index (χ3n) is 5.01. The molecule has 0 aliphatic carbocycles. The van der Waals surface area contributed by atoms with Gasteiger partial charge in [0, 0.05) is 11.6 Å². The number of likely N-dealkylation sites (N-methyl/N-ethyl adjacent to an activating group) is 1. The van der Waals surface area contributed by atoms with Crippen LogP contribution in [0.15, 0.2) is 12.1 Å². The van der Waals surface area contributed by atoms with Gasteiger partial charge in [-0.1, -0.05) is 20.8 Å². The molecule has 2 atom stereocenters. The fourth-order valence-corrected chi connectivity index (χ4v) is 3.35. The second kappa shape index (κ2) is 7.46. The first-order valence-electron chi connectivity index (χ1n) is 9.66. The lowest BCUT2D eigenvalue weighted by Crippen LogP contribution is -2.55. The maximum Gasteiger partial charge on any atom is 0.433 e. The standard InChI is InChI=1S/C21H31N3O6/c1-20(2,3)13-9-12(29-8)10-14(16(13)25)23-15(17(26)30-21(4,5)6)11-24(7,18(22)27)19(23)28/h9-10,15H,11H2,1-8H3,(H2-,22,25,27)/p+1/t15-,24?/m0/s1. The number of rotatable bonds is 3. The van der Waals surface area contributed by atoms with Crippen molar-refractivity contribution in [2.24, 2.45) is 5.73 Å². The lowest BCUT2D eigenvalue weighted by Gasteiger charge is -2.28. The number of esters is 1. The summed E-state index contributed by atoms with van der Waals surface area (Å²) < 4.78 is 10.0. The first-order valence-corrected chi connectivity index (χ1v) is 9.66. The van der Waals surface area contributed by atoms with Gasteiger partial charge in [0.25, 0.3) is 0 Å². The summed E-state index contributed by atoms with van der Waals surface area (Å²) in [4.78, 5) is 39.5. The molecule has 1 unspecified atom stereocenters. The van der Waals surface area contributed by atoms with E-state index in [1.807, 2.05) is 20.8 Å². The number of hydrogen-bond acceptors (Lipinski definition) is 6. The predicted molar refractivity (Wildman–Crippen MR) is 112 cm³/mol. The van der Waals surface area contributed by atoms with E-state index >= 15 is 0 Å². The molecule has 3 N–H and O–H groups in total. The van der Waals surface area contributed by atoms with E-state index in [1.165, 1.54) is 20.2 Å². The van der Waals surface area contributed by atoms with Crippen molar-refractivity contribution >= 4 is 23.7 Å². The average molecular weight is 423 g/mol. The quantitative estimate of drug-likeness (QED) is 0.571. The third kappa shape index (κ3) is 4.21. The Morgan fingerprint density at radius 3 is 2.20 bits per heavy atom. The molecule has 0 radical (unpaired) electrons. The lowest BCUT2D eigenvalue weighted by atomic mass is 9.85. The van der Waals surface area contributed by atoms with Crippen LogP contribution in [0.25, 0.3) is 0 Å². The van der Waals surface area contributed by atoms with Crippen LogP contribution in [0.1, 0.15) is 47.1 Å². The van der Waals surface area contributed by atoms with Crippen LogP contribution in [0, 0.1) is 0 Å². The fourth-order valence-electron chi connectivity index (χ4n) is 3.35. The summed E-state index contributed by atoms with van der Waals surface area (Å²) in [6, 6.07) is 0.330. The van der Waals surface area contributed by atoms with Gasteiger partial charge in [0.2, 0.25) is 0 Å². The van der Waals surface area contributed by atoms with Crippen molar-refractivity contribution in [1.82, 2.24) is 0 Å². The number of phenolic OH excluding ortho intramolecular Hbond substituents is 1. The van der Waals surface area contributed by atoms with E-state index in [0.717, 1.165) is 4.90 Å². The van der Waals surface area contributed by atoms with Crippen molar-refractivity contribution in [2.45, 2.75) is 58.6 Å². The number of primary amides is 1. The molecule has 0 bridgehead atoms. The van der Waals surface area contributed by atoms with Gasteiger partial charge in [-0.3, -0.25) is 0 Å². The number of urea groups is 2. The largest absolute Gasteiger partial charge is 0.505 e. The highest BCUT2D eigenvalue weighted by Gasteiger charge is 2.58. The number of carbonyl (C=O) groups excluding carboxylic acids is 3. The number of phenols is 1. The SMILES string of the molecule is COc1cc(N2C(=O)[N+](C)(C(N)=O)C[C@H]2C(=O)OC(C)(C)C)c(O)c(C(C)(C)C)c1. The second-order valence-corrected chi connectivity index (χ2v) is 9.71. The van der Waals surface area contributed by atoms with Crippen molar-refractivity contribution in [3.63, 3.8) is 0 Å². The number of benzene rings is 1. The Morgan fingerprint density at radius 2 is 1.77 bits per heavy atom. The Labute approximate surface area is 176 Å². The molecule has 1 fully saturated rings. The summed E-state index contributed by atoms with van der Waals surface area (Å²) in [5.41, 5.74) is 4.78. The van der Waals surface area contributed by atoms with Crippen molar-refractivity contribution in [3.8, 4) is 11.5 Å². The number of hydrogen-bond donors (Lipinski definition) is 2. The number of amides is 4. The summed E-state index contributed by atoms with van der Waals surface area (Å²) >= 11 is 0. The second-order valence-electron chi connectivity index (χ2n) is 9.71. The molecule has 0 spiro atoms. The van der Waals surface area contributed by atoms with Crippen LogP contribution in [0.5, 0.6) is 11.5 Å². The normalized spacial score (nSPS) is 22.2. The summed E-state index contributed by atoms with van der Waals surface area (Å²) in [7, 11) is 2.80.